The summed E-state index contributed by atoms with van der Waals surface area (Å²) in [6.45, 7) is 0.323. The van der Waals surface area contributed by atoms with E-state index in [0.717, 1.165) is 4.90 Å². The number of carboxylic acid groups (broad SMARTS) is 1. The number of carbonyl (C=O) groups is 3. The number of amides is 2. The van der Waals surface area contributed by atoms with Crippen molar-refractivity contribution in [3.63, 3.8) is 0 Å². The van der Waals surface area contributed by atoms with Crippen LogP contribution < -0.4 is 0 Å². The first-order chi connectivity index (χ1) is 9.36. The molecule has 0 spiro atoms. The Bertz CT molecular complexity index is 386. The van der Waals surface area contributed by atoms with Gasteiger partial charge in [0.1, 0.15) is 6.04 Å². The molecular weight excluding hydrogens is 268 g/mol. The third-order valence-corrected chi connectivity index (χ3v) is 3.24. The molecule has 1 aliphatic rings. The number of aliphatic hydroxyl groups is 1. The molecule has 1 saturated heterocycles. The lowest BCUT2D eigenvalue weighted by Gasteiger charge is -2.27. The minimum atomic E-state index is -1.13. The van der Waals surface area contributed by atoms with Gasteiger partial charge in [-0.15, -0.1) is 0 Å². The van der Waals surface area contributed by atoms with Crippen LogP contribution in [0.5, 0.6) is 0 Å². The number of likely N-dealkylation sites (tertiary alicyclic amines) is 1. The van der Waals surface area contributed by atoms with E-state index in [9.17, 15) is 19.5 Å². The number of aliphatic carboxylic acids is 1. The zero-order valence-electron chi connectivity index (χ0n) is 11.6. The molecule has 1 aliphatic heterocycles. The Hall–Kier alpha value is -1.83. The molecule has 0 saturated carbocycles. The highest BCUT2D eigenvalue weighted by Gasteiger charge is 2.39. The van der Waals surface area contributed by atoms with E-state index >= 15 is 0 Å². The number of hydrogen-bond acceptors (Lipinski definition) is 5. The molecule has 20 heavy (non-hydrogen) atoms. The summed E-state index contributed by atoms with van der Waals surface area (Å²) in [5, 5.41) is 18.5. The maximum absolute atomic E-state index is 12.1. The standard InChI is InChI=1S/C12H20N2O6/c1-13(5-3-4-10(16)20-2)12(19)14-7-8(15)6-9(14)11(17)18/h8-9,15H,3-7H2,1-2H3,(H,17,18)/t8-,9+/m1/s1. The number of methoxy groups -OCH3 is 1. The van der Waals surface area contributed by atoms with Crippen LogP contribution in [0.4, 0.5) is 4.79 Å². The van der Waals surface area contributed by atoms with Gasteiger partial charge >= 0.3 is 18.0 Å². The normalized spacial score (nSPS) is 21.6. The van der Waals surface area contributed by atoms with Crippen LogP contribution >= 0.6 is 0 Å². The second-order valence-corrected chi connectivity index (χ2v) is 4.78. The molecule has 2 atom stereocenters. The fourth-order valence-corrected chi connectivity index (χ4v) is 2.14. The van der Waals surface area contributed by atoms with E-state index < -0.39 is 24.1 Å². The van der Waals surface area contributed by atoms with E-state index in [4.69, 9.17) is 5.11 Å². The SMILES string of the molecule is COC(=O)CCCN(C)C(=O)N1C[C@H](O)C[C@H]1C(=O)O. The minimum Gasteiger partial charge on any atom is -0.480 e. The molecule has 0 unspecified atom stereocenters. The van der Waals surface area contributed by atoms with Gasteiger partial charge in [0.15, 0.2) is 0 Å². The van der Waals surface area contributed by atoms with Crippen molar-refractivity contribution >= 4 is 18.0 Å². The largest absolute Gasteiger partial charge is 0.480 e. The Kier molecular flexibility index (Phi) is 5.75. The molecule has 0 aliphatic carbocycles. The van der Waals surface area contributed by atoms with Crippen molar-refractivity contribution in [3.8, 4) is 0 Å². The zero-order chi connectivity index (χ0) is 15.3. The van der Waals surface area contributed by atoms with Crippen LogP contribution in [-0.4, -0.2) is 77.4 Å². The highest BCUT2D eigenvalue weighted by molar-refractivity contribution is 5.83. The first-order valence-electron chi connectivity index (χ1n) is 6.36. The lowest BCUT2D eigenvalue weighted by Crippen LogP contribution is -2.47. The summed E-state index contributed by atoms with van der Waals surface area (Å²) in [4.78, 5) is 36.6. The number of rotatable bonds is 5. The Morgan fingerprint density at radius 1 is 1.40 bits per heavy atom. The van der Waals surface area contributed by atoms with Gasteiger partial charge in [-0.2, -0.15) is 0 Å². The quantitative estimate of drug-likeness (QED) is 0.661. The van der Waals surface area contributed by atoms with Crippen LogP contribution in [0.25, 0.3) is 0 Å². The molecular formula is C12H20N2O6. The van der Waals surface area contributed by atoms with Crippen molar-refractivity contribution in [1.82, 2.24) is 9.80 Å². The summed E-state index contributed by atoms with van der Waals surface area (Å²) in [6.07, 6.45) is -0.150. The Morgan fingerprint density at radius 2 is 2.05 bits per heavy atom. The minimum absolute atomic E-state index is 0.0111. The second kappa shape index (κ2) is 7.09. The maximum Gasteiger partial charge on any atom is 0.326 e. The van der Waals surface area contributed by atoms with Gasteiger partial charge in [0.05, 0.1) is 13.2 Å². The van der Waals surface area contributed by atoms with E-state index in [2.05, 4.69) is 4.74 Å². The van der Waals surface area contributed by atoms with E-state index in [0.29, 0.717) is 13.0 Å². The van der Waals surface area contributed by atoms with Gasteiger partial charge in [-0.05, 0) is 6.42 Å². The topological polar surface area (TPSA) is 107 Å². The number of ether oxygens (including phenoxy) is 1. The highest BCUT2D eigenvalue weighted by Crippen LogP contribution is 2.19. The van der Waals surface area contributed by atoms with E-state index in [-0.39, 0.29) is 25.4 Å². The number of carboxylic acids is 1. The number of urea groups is 1. The van der Waals surface area contributed by atoms with Gasteiger partial charge in [0.2, 0.25) is 0 Å². The third-order valence-electron chi connectivity index (χ3n) is 3.24. The number of β-amino-alcohol motifs (C(OH)–C–C–N with tert-alkyl or cyclic N) is 1. The molecule has 0 aromatic rings. The van der Waals surface area contributed by atoms with Crippen molar-refractivity contribution in [2.45, 2.75) is 31.4 Å². The predicted octanol–water partition coefficient (Wildman–Crippen LogP) is -0.489. The molecule has 0 bridgehead atoms. The monoisotopic (exact) mass is 288 g/mol. The van der Waals surface area contributed by atoms with Crippen LogP contribution in [0, 0.1) is 0 Å². The fraction of sp³-hybridized carbons (Fsp3) is 0.750. The Morgan fingerprint density at radius 3 is 2.60 bits per heavy atom. The van der Waals surface area contributed by atoms with Gasteiger partial charge in [-0.1, -0.05) is 0 Å². The van der Waals surface area contributed by atoms with E-state index in [1.165, 1.54) is 19.1 Å². The second-order valence-electron chi connectivity index (χ2n) is 4.78. The number of hydrogen-bond donors (Lipinski definition) is 2. The lowest BCUT2D eigenvalue weighted by molar-refractivity contribution is -0.141. The fourth-order valence-electron chi connectivity index (χ4n) is 2.14. The Balaban J connectivity index is 2.51. The van der Waals surface area contributed by atoms with Gasteiger partial charge in [-0.3, -0.25) is 4.79 Å². The number of esters is 1. The molecule has 8 heteroatoms. The molecule has 0 aromatic carbocycles. The van der Waals surface area contributed by atoms with E-state index in [1.54, 1.807) is 0 Å². The maximum atomic E-state index is 12.1. The van der Waals surface area contributed by atoms with Gasteiger partial charge in [-0.25, -0.2) is 9.59 Å². The average molecular weight is 288 g/mol. The third kappa shape index (κ3) is 4.09. The van der Waals surface area contributed by atoms with Crippen molar-refractivity contribution in [2.75, 3.05) is 27.2 Å². The average Bonchev–Trinajstić information content (AvgIpc) is 2.79. The van der Waals surface area contributed by atoms with Crippen LogP contribution in [0.1, 0.15) is 19.3 Å². The molecule has 114 valence electrons. The summed E-state index contributed by atoms with van der Waals surface area (Å²) in [7, 11) is 2.82. The van der Waals surface area contributed by atoms with Crippen molar-refractivity contribution < 1.29 is 29.3 Å². The van der Waals surface area contributed by atoms with Crippen LogP contribution in [-0.2, 0) is 14.3 Å². The molecule has 1 heterocycles. The molecule has 0 radical (unpaired) electrons. The molecule has 0 aromatic heterocycles. The lowest BCUT2D eigenvalue weighted by atomic mass is 10.2. The van der Waals surface area contributed by atoms with Crippen molar-refractivity contribution in [1.29, 1.82) is 0 Å². The first-order valence-corrected chi connectivity index (χ1v) is 6.36. The number of aliphatic hydroxyl groups excluding tert-OH is 1. The highest BCUT2D eigenvalue weighted by atomic mass is 16.5. The molecule has 8 nitrogen and oxygen atoms in total. The summed E-state index contributed by atoms with van der Waals surface area (Å²) in [6, 6.07) is -1.46. The summed E-state index contributed by atoms with van der Waals surface area (Å²) >= 11 is 0. The first kappa shape index (κ1) is 16.2. The van der Waals surface area contributed by atoms with Gasteiger partial charge < -0.3 is 24.7 Å². The molecule has 1 fully saturated rings. The molecule has 2 amide bonds. The summed E-state index contributed by atoms with van der Waals surface area (Å²) in [5.74, 6) is -1.48. The number of carbonyl (C=O) groups excluding carboxylic acids is 2. The molecule has 2 N–H and O–H groups in total. The van der Waals surface area contributed by atoms with Crippen molar-refractivity contribution in [2.24, 2.45) is 0 Å². The van der Waals surface area contributed by atoms with E-state index in [1.807, 2.05) is 0 Å². The van der Waals surface area contributed by atoms with Gasteiger partial charge in [0, 0.05) is 33.0 Å². The van der Waals surface area contributed by atoms with Crippen LogP contribution in [0.15, 0.2) is 0 Å². The predicted molar refractivity (Wildman–Crippen MR) is 68.0 cm³/mol. The summed E-state index contributed by atoms with van der Waals surface area (Å²) < 4.78 is 4.49. The zero-order valence-corrected chi connectivity index (χ0v) is 11.6. The van der Waals surface area contributed by atoms with Crippen LogP contribution in [0.2, 0.25) is 0 Å². The van der Waals surface area contributed by atoms with Gasteiger partial charge in [0.25, 0.3) is 0 Å². The Labute approximate surface area is 116 Å². The smallest absolute Gasteiger partial charge is 0.326 e. The van der Waals surface area contributed by atoms with Crippen LogP contribution in [0.3, 0.4) is 0 Å². The number of nitrogens with zero attached hydrogens (tertiary/aromatic N) is 2. The van der Waals surface area contributed by atoms with Crippen molar-refractivity contribution in [3.05, 3.63) is 0 Å². The molecule has 1 rings (SSSR count). The summed E-state index contributed by atoms with van der Waals surface area (Å²) in [5.41, 5.74) is 0.